The van der Waals surface area contributed by atoms with E-state index >= 15 is 0 Å². The number of nitrogens with two attached hydrogens (primary N) is 1. The molecule has 0 bridgehead atoms. The van der Waals surface area contributed by atoms with Gasteiger partial charge in [-0.2, -0.15) is 0 Å². The Morgan fingerprint density at radius 2 is 2.46 bits per heavy atom. The highest BCUT2D eigenvalue weighted by Crippen LogP contribution is 2.11. The summed E-state index contributed by atoms with van der Waals surface area (Å²) < 4.78 is 0.872. The lowest BCUT2D eigenvalue weighted by Crippen LogP contribution is -2.31. The molecule has 1 heterocycles. The van der Waals surface area contributed by atoms with Crippen molar-refractivity contribution in [2.75, 3.05) is 20.1 Å². The minimum Gasteiger partial charge on any atom is -0.356 e. The van der Waals surface area contributed by atoms with Crippen molar-refractivity contribution in [3.05, 3.63) is 22.4 Å². The van der Waals surface area contributed by atoms with Gasteiger partial charge >= 0.3 is 0 Å². The molecule has 0 unspecified atom stereocenters. The van der Waals surface area contributed by atoms with Crippen LogP contribution >= 0.6 is 15.9 Å². The standard InChI is InChI=1S/C8H12BrN3O/c1-12(3-2-10)8(13)7-4-6(9)5-11-7/h4-5,11H,2-3,10H2,1H3. The van der Waals surface area contributed by atoms with E-state index in [-0.39, 0.29) is 5.91 Å². The number of aromatic nitrogens is 1. The van der Waals surface area contributed by atoms with E-state index in [9.17, 15) is 4.79 Å². The van der Waals surface area contributed by atoms with Crippen LogP contribution in [0, 0.1) is 0 Å². The SMILES string of the molecule is CN(CCN)C(=O)c1cc(Br)c[nH]1. The second-order valence-electron chi connectivity index (χ2n) is 2.75. The normalized spacial score (nSPS) is 10.1. The molecule has 0 fully saturated rings. The van der Waals surface area contributed by atoms with Gasteiger partial charge in [-0.1, -0.05) is 0 Å². The van der Waals surface area contributed by atoms with Gasteiger partial charge in [-0.15, -0.1) is 0 Å². The first kappa shape index (κ1) is 10.3. The van der Waals surface area contributed by atoms with Gasteiger partial charge in [-0.05, 0) is 22.0 Å². The average Bonchev–Trinajstić information content (AvgIpc) is 2.51. The summed E-state index contributed by atoms with van der Waals surface area (Å²) in [6.07, 6.45) is 1.73. The maximum atomic E-state index is 11.6. The molecular weight excluding hydrogens is 234 g/mol. The Kier molecular flexibility index (Phi) is 3.50. The average molecular weight is 246 g/mol. The molecular formula is C8H12BrN3O. The van der Waals surface area contributed by atoms with Crippen molar-refractivity contribution >= 4 is 21.8 Å². The Morgan fingerprint density at radius 3 is 2.92 bits per heavy atom. The fourth-order valence-corrected chi connectivity index (χ4v) is 1.34. The smallest absolute Gasteiger partial charge is 0.270 e. The van der Waals surface area contributed by atoms with Crippen LogP contribution in [0.2, 0.25) is 0 Å². The molecule has 72 valence electrons. The minimum absolute atomic E-state index is 0.0452. The second-order valence-corrected chi connectivity index (χ2v) is 3.66. The van der Waals surface area contributed by atoms with Crippen molar-refractivity contribution in [1.82, 2.24) is 9.88 Å². The van der Waals surface area contributed by atoms with Gasteiger partial charge in [0, 0.05) is 30.8 Å². The quantitative estimate of drug-likeness (QED) is 0.828. The van der Waals surface area contributed by atoms with Gasteiger partial charge in [0.25, 0.3) is 5.91 Å². The number of hydrogen-bond acceptors (Lipinski definition) is 2. The van der Waals surface area contributed by atoms with Gasteiger partial charge in [0.1, 0.15) is 5.69 Å². The molecule has 1 aromatic rings. The Hall–Kier alpha value is -0.810. The predicted molar refractivity (Wildman–Crippen MR) is 54.5 cm³/mol. The molecule has 0 radical (unpaired) electrons. The molecule has 0 aromatic carbocycles. The first-order valence-electron chi connectivity index (χ1n) is 3.94. The Balaban J connectivity index is 2.67. The number of nitrogens with zero attached hydrogens (tertiary/aromatic N) is 1. The molecule has 0 aliphatic carbocycles. The van der Waals surface area contributed by atoms with Crippen LogP contribution in [-0.2, 0) is 0 Å². The summed E-state index contributed by atoms with van der Waals surface area (Å²) in [7, 11) is 1.73. The summed E-state index contributed by atoms with van der Waals surface area (Å²) in [6.45, 7) is 1.04. The van der Waals surface area contributed by atoms with E-state index in [1.54, 1.807) is 24.2 Å². The minimum atomic E-state index is -0.0452. The van der Waals surface area contributed by atoms with E-state index < -0.39 is 0 Å². The lowest BCUT2D eigenvalue weighted by atomic mass is 10.4. The highest BCUT2D eigenvalue weighted by molar-refractivity contribution is 9.10. The number of H-pyrrole nitrogens is 1. The Morgan fingerprint density at radius 1 is 1.77 bits per heavy atom. The summed E-state index contributed by atoms with van der Waals surface area (Å²) in [6, 6.07) is 1.75. The van der Waals surface area contributed by atoms with Gasteiger partial charge in [0.15, 0.2) is 0 Å². The van der Waals surface area contributed by atoms with Crippen LogP contribution in [0.3, 0.4) is 0 Å². The summed E-state index contributed by atoms with van der Waals surface area (Å²) in [5.74, 6) is -0.0452. The number of rotatable bonds is 3. The zero-order valence-corrected chi connectivity index (χ0v) is 8.97. The molecule has 13 heavy (non-hydrogen) atoms. The topological polar surface area (TPSA) is 62.1 Å². The molecule has 1 amide bonds. The summed E-state index contributed by atoms with van der Waals surface area (Å²) in [4.78, 5) is 16.0. The molecule has 0 saturated heterocycles. The Bertz CT molecular complexity index is 297. The van der Waals surface area contributed by atoms with Gasteiger partial charge in [0.2, 0.25) is 0 Å². The van der Waals surface area contributed by atoms with E-state index in [0.29, 0.717) is 18.8 Å². The van der Waals surface area contributed by atoms with E-state index in [0.717, 1.165) is 4.47 Å². The number of carbonyl (C=O) groups excluding carboxylic acids is 1. The number of carbonyl (C=O) groups is 1. The number of nitrogens with one attached hydrogen (secondary N) is 1. The van der Waals surface area contributed by atoms with Crippen LogP contribution in [-0.4, -0.2) is 35.9 Å². The van der Waals surface area contributed by atoms with Gasteiger partial charge in [-0.3, -0.25) is 4.79 Å². The third kappa shape index (κ3) is 2.57. The van der Waals surface area contributed by atoms with Crippen LogP contribution in [0.5, 0.6) is 0 Å². The molecule has 0 atom stereocenters. The van der Waals surface area contributed by atoms with E-state index in [1.165, 1.54) is 0 Å². The largest absolute Gasteiger partial charge is 0.356 e. The van der Waals surface area contributed by atoms with E-state index in [1.807, 2.05) is 0 Å². The Labute approximate surface area is 85.2 Å². The van der Waals surface area contributed by atoms with Crippen molar-refractivity contribution < 1.29 is 4.79 Å². The maximum Gasteiger partial charge on any atom is 0.270 e. The molecule has 0 saturated carbocycles. The van der Waals surface area contributed by atoms with Crippen molar-refractivity contribution in [1.29, 1.82) is 0 Å². The fourth-order valence-electron chi connectivity index (χ4n) is 0.992. The predicted octanol–water partition coefficient (Wildman–Crippen LogP) is 0.808. The number of aromatic amines is 1. The third-order valence-electron chi connectivity index (χ3n) is 1.69. The van der Waals surface area contributed by atoms with Gasteiger partial charge < -0.3 is 15.6 Å². The molecule has 0 spiro atoms. The van der Waals surface area contributed by atoms with Crippen LogP contribution in [0.1, 0.15) is 10.5 Å². The monoisotopic (exact) mass is 245 g/mol. The summed E-state index contributed by atoms with van der Waals surface area (Å²) >= 11 is 3.26. The van der Waals surface area contributed by atoms with Crippen LogP contribution in [0.25, 0.3) is 0 Å². The van der Waals surface area contributed by atoms with Crippen LogP contribution in [0.4, 0.5) is 0 Å². The maximum absolute atomic E-state index is 11.6. The van der Waals surface area contributed by atoms with E-state index in [2.05, 4.69) is 20.9 Å². The molecule has 4 nitrogen and oxygen atoms in total. The van der Waals surface area contributed by atoms with Crippen LogP contribution < -0.4 is 5.73 Å². The first-order valence-corrected chi connectivity index (χ1v) is 4.74. The number of halogens is 1. The highest BCUT2D eigenvalue weighted by atomic mass is 79.9. The molecule has 1 aromatic heterocycles. The van der Waals surface area contributed by atoms with Crippen molar-refractivity contribution in [3.63, 3.8) is 0 Å². The van der Waals surface area contributed by atoms with E-state index in [4.69, 9.17) is 5.73 Å². The lowest BCUT2D eigenvalue weighted by molar-refractivity contribution is 0.0794. The fraction of sp³-hybridized carbons (Fsp3) is 0.375. The summed E-state index contributed by atoms with van der Waals surface area (Å²) in [5, 5.41) is 0. The molecule has 0 aliphatic heterocycles. The molecule has 3 N–H and O–H groups in total. The number of amides is 1. The van der Waals surface area contributed by atoms with Crippen molar-refractivity contribution in [2.45, 2.75) is 0 Å². The zero-order chi connectivity index (χ0) is 9.84. The molecule has 0 aliphatic rings. The van der Waals surface area contributed by atoms with Gasteiger partial charge in [0.05, 0.1) is 0 Å². The summed E-state index contributed by atoms with van der Waals surface area (Å²) in [5.41, 5.74) is 5.91. The second kappa shape index (κ2) is 4.43. The molecule has 5 heteroatoms. The third-order valence-corrected chi connectivity index (χ3v) is 2.15. The zero-order valence-electron chi connectivity index (χ0n) is 7.38. The number of hydrogen-bond donors (Lipinski definition) is 2. The van der Waals surface area contributed by atoms with Crippen molar-refractivity contribution in [3.8, 4) is 0 Å². The highest BCUT2D eigenvalue weighted by Gasteiger charge is 2.11. The van der Waals surface area contributed by atoms with Crippen LogP contribution in [0.15, 0.2) is 16.7 Å². The van der Waals surface area contributed by atoms with Crippen molar-refractivity contribution in [2.24, 2.45) is 5.73 Å². The molecule has 1 rings (SSSR count). The lowest BCUT2D eigenvalue weighted by Gasteiger charge is -2.14. The number of likely N-dealkylation sites (N-methyl/N-ethyl adjacent to an activating group) is 1. The first-order chi connectivity index (χ1) is 6.15. The van der Waals surface area contributed by atoms with Gasteiger partial charge in [-0.25, -0.2) is 0 Å².